The molecule has 3 aromatic rings. The fraction of sp³-hybridized carbons (Fsp3) is 0.438. The zero-order chi connectivity index (χ0) is 14.2. The summed E-state index contributed by atoms with van der Waals surface area (Å²) in [5, 5.41) is 1.26. The molecule has 2 N–H and O–H groups in total. The van der Waals surface area contributed by atoms with Crippen LogP contribution in [0, 0.1) is 6.92 Å². The van der Waals surface area contributed by atoms with E-state index in [-0.39, 0.29) is 0 Å². The Hall–Kier alpha value is -1.85. The smallest absolute Gasteiger partial charge is 0.0979 e. The van der Waals surface area contributed by atoms with Crippen LogP contribution >= 0.6 is 0 Å². The summed E-state index contributed by atoms with van der Waals surface area (Å²) in [4.78, 5) is 13.7. The standard InChI is InChI=1S/C16H20N4O/c1-11-12(4-5-20-6-8-21-9-7-20)19-13-2-3-14-16(15(11)13)18-10-17-14/h2-3,10,19H,4-9H2,1H3,(H,17,18). The highest BCUT2D eigenvalue weighted by Gasteiger charge is 2.14. The Bertz CT molecular complexity index is 767. The Kier molecular flexibility index (Phi) is 3.16. The number of benzene rings is 1. The highest BCUT2D eigenvalue weighted by atomic mass is 16.5. The van der Waals surface area contributed by atoms with Crippen LogP contribution < -0.4 is 0 Å². The molecule has 1 aliphatic heterocycles. The molecule has 0 amide bonds. The SMILES string of the molecule is Cc1c(CCN2CCOCC2)[nH]c2ccc3[nH]cnc3c12. The average Bonchev–Trinajstić information content (AvgIpc) is 3.10. The van der Waals surface area contributed by atoms with Crippen LogP contribution in [0.4, 0.5) is 0 Å². The van der Waals surface area contributed by atoms with Gasteiger partial charge in [0.1, 0.15) is 0 Å². The molecule has 21 heavy (non-hydrogen) atoms. The summed E-state index contributed by atoms with van der Waals surface area (Å²) in [5.41, 5.74) is 6.01. The number of nitrogens with zero attached hydrogens (tertiary/aromatic N) is 2. The van der Waals surface area contributed by atoms with E-state index in [0.29, 0.717) is 0 Å². The van der Waals surface area contributed by atoms with E-state index in [4.69, 9.17) is 4.74 Å². The van der Waals surface area contributed by atoms with Crippen molar-refractivity contribution in [2.75, 3.05) is 32.8 Å². The number of fused-ring (bicyclic) bond motifs is 3. The summed E-state index contributed by atoms with van der Waals surface area (Å²) >= 11 is 0. The van der Waals surface area contributed by atoms with Crippen molar-refractivity contribution in [1.29, 1.82) is 0 Å². The summed E-state index contributed by atoms with van der Waals surface area (Å²) in [5.74, 6) is 0. The molecule has 0 saturated carbocycles. The minimum atomic E-state index is 0.861. The molecule has 0 spiro atoms. The second-order valence-corrected chi connectivity index (χ2v) is 5.72. The lowest BCUT2D eigenvalue weighted by atomic mass is 10.1. The van der Waals surface area contributed by atoms with Crippen LogP contribution in [0.1, 0.15) is 11.3 Å². The van der Waals surface area contributed by atoms with Crippen molar-refractivity contribution in [2.45, 2.75) is 13.3 Å². The van der Waals surface area contributed by atoms with Crippen molar-refractivity contribution in [3.63, 3.8) is 0 Å². The lowest BCUT2D eigenvalue weighted by Gasteiger charge is -2.26. The lowest BCUT2D eigenvalue weighted by molar-refractivity contribution is 0.0383. The highest BCUT2D eigenvalue weighted by molar-refractivity contribution is 6.05. The third-order valence-corrected chi connectivity index (χ3v) is 4.49. The molecule has 1 fully saturated rings. The zero-order valence-corrected chi connectivity index (χ0v) is 12.3. The molecule has 2 aromatic heterocycles. The number of H-pyrrole nitrogens is 2. The number of aryl methyl sites for hydroxylation is 1. The van der Waals surface area contributed by atoms with Crippen LogP contribution in [0.5, 0.6) is 0 Å². The molecule has 4 rings (SSSR count). The normalized spacial score (nSPS) is 17.0. The number of aromatic amines is 2. The van der Waals surface area contributed by atoms with E-state index in [1.807, 2.05) is 0 Å². The number of rotatable bonds is 3. The largest absolute Gasteiger partial charge is 0.379 e. The van der Waals surface area contributed by atoms with Gasteiger partial charge in [0.15, 0.2) is 0 Å². The molecular formula is C16H20N4O. The first-order valence-corrected chi connectivity index (χ1v) is 7.56. The van der Waals surface area contributed by atoms with Crippen LogP contribution in [0.3, 0.4) is 0 Å². The highest BCUT2D eigenvalue weighted by Crippen LogP contribution is 2.28. The number of hydrogen-bond acceptors (Lipinski definition) is 3. The van der Waals surface area contributed by atoms with Gasteiger partial charge in [-0.05, 0) is 24.6 Å². The molecule has 0 radical (unpaired) electrons. The number of morpholine rings is 1. The maximum Gasteiger partial charge on any atom is 0.0979 e. The van der Waals surface area contributed by atoms with Gasteiger partial charge in [-0.3, -0.25) is 4.90 Å². The molecule has 1 aromatic carbocycles. The lowest BCUT2D eigenvalue weighted by Crippen LogP contribution is -2.37. The summed E-state index contributed by atoms with van der Waals surface area (Å²) in [7, 11) is 0. The zero-order valence-electron chi connectivity index (χ0n) is 12.3. The minimum Gasteiger partial charge on any atom is -0.379 e. The van der Waals surface area contributed by atoms with Crippen molar-refractivity contribution in [2.24, 2.45) is 0 Å². The van der Waals surface area contributed by atoms with E-state index >= 15 is 0 Å². The maximum atomic E-state index is 5.40. The first kappa shape index (κ1) is 12.9. The minimum absolute atomic E-state index is 0.861. The van der Waals surface area contributed by atoms with Gasteiger partial charge in [-0.2, -0.15) is 0 Å². The van der Waals surface area contributed by atoms with E-state index < -0.39 is 0 Å². The van der Waals surface area contributed by atoms with Crippen molar-refractivity contribution < 1.29 is 4.74 Å². The van der Waals surface area contributed by atoms with Gasteiger partial charge < -0.3 is 14.7 Å². The van der Waals surface area contributed by atoms with Crippen molar-refractivity contribution in [3.8, 4) is 0 Å². The molecule has 5 heteroatoms. The van der Waals surface area contributed by atoms with Gasteiger partial charge in [-0.1, -0.05) is 0 Å². The van der Waals surface area contributed by atoms with Gasteiger partial charge in [0.25, 0.3) is 0 Å². The number of imidazole rings is 1. The molecule has 0 atom stereocenters. The van der Waals surface area contributed by atoms with Crippen LogP contribution in [0.2, 0.25) is 0 Å². The summed E-state index contributed by atoms with van der Waals surface area (Å²) < 4.78 is 5.40. The van der Waals surface area contributed by atoms with Crippen molar-refractivity contribution >= 4 is 21.9 Å². The number of hydrogen-bond donors (Lipinski definition) is 2. The van der Waals surface area contributed by atoms with Gasteiger partial charge in [0, 0.05) is 42.7 Å². The van der Waals surface area contributed by atoms with E-state index in [1.54, 1.807) is 6.33 Å². The Labute approximate surface area is 123 Å². The third kappa shape index (κ3) is 2.22. The molecule has 5 nitrogen and oxygen atoms in total. The molecule has 1 saturated heterocycles. The number of ether oxygens (including phenoxy) is 1. The Morgan fingerprint density at radius 3 is 2.90 bits per heavy atom. The fourth-order valence-corrected chi connectivity index (χ4v) is 3.24. The first-order chi connectivity index (χ1) is 10.3. The molecule has 1 aliphatic rings. The topological polar surface area (TPSA) is 56.9 Å². The van der Waals surface area contributed by atoms with Crippen LogP contribution in [-0.2, 0) is 11.2 Å². The Morgan fingerprint density at radius 2 is 2.05 bits per heavy atom. The van der Waals surface area contributed by atoms with Crippen molar-refractivity contribution in [1.82, 2.24) is 19.9 Å². The molecular weight excluding hydrogens is 264 g/mol. The first-order valence-electron chi connectivity index (χ1n) is 7.56. The van der Waals surface area contributed by atoms with E-state index in [9.17, 15) is 0 Å². The molecule has 3 heterocycles. The van der Waals surface area contributed by atoms with E-state index in [2.05, 4.69) is 38.9 Å². The van der Waals surface area contributed by atoms with Gasteiger partial charge >= 0.3 is 0 Å². The monoisotopic (exact) mass is 284 g/mol. The van der Waals surface area contributed by atoms with Gasteiger partial charge in [0.05, 0.1) is 30.6 Å². The van der Waals surface area contributed by atoms with Crippen LogP contribution in [0.25, 0.3) is 21.9 Å². The summed E-state index contributed by atoms with van der Waals surface area (Å²) in [6.07, 6.45) is 2.82. The van der Waals surface area contributed by atoms with Crippen LogP contribution in [0.15, 0.2) is 18.5 Å². The van der Waals surface area contributed by atoms with E-state index in [0.717, 1.165) is 50.3 Å². The summed E-state index contributed by atoms with van der Waals surface area (Å²) in [6.45, 7) is 7.09. The Balaban J connectivity index is 1.64. The molecule has 110 valence electrons. The molecule has 0 unspecified atom stereocenters. The van der Waals surface area contributed by atoms with Gasteiger partial charge in [-0.25, -0.2) is 4.98 Å². The third-order valence-electron chi connectivity index (χ3n) is 4.49. The molecule has 0 aliphatic carbocycles. The fourth-order valence-electron chi connectivity index (χ4n) is 3.24. The predicted octanol–water partition coefficient (Wildman–Crippen LogP) is 2.23. The maximum absolute atomic E-state index is 5.40. The van der Waals surface area contributed by atoms with Crippen LogP contribution in [-0.4, -0.2) is 52.7 Å². The second kappa shape index (κ2) is 5.16. The Morgan fingerprint density at radius 1 is 1.24 bits per heavy atom. The second-order valence-electron chi connectivity index (χ2n) is 5.72. The van der Waals surface area contributed by atoms with Gasteiger partial charge in [-0.15, -0.1) is 0 Å². The number of aromatic nitrogens is 3. The van der Waals surface area contributed by atoms with Crippen molar-refractivity contribution in [3.05, 3.63) is 29.7 Å². The number of nitrogens with one attached hydrogen (secondary N) is 2. The average molecular weight is 284 g/mol. The van der Waals surface area contributed by atoms with Gasteiger partial charge in [0.2, 0.25) is 0 Å². The molecule has 0 bridgehead atoms. The predicted molar refractivity (Wildman–Crippen MR) is 83.7 cm³/mol. The van der Waals surface area contributed by atoms with E-state index in [1.165, 1.54) is 22.2 Å². The summed E-state index contributed by atoms with van der Waals surface area (Å²) in [6, 6.07) is 4.23. The quantitative estimate of drug-likeness (QED) is 0.775.